The summed E-state index contributed by atoms with van der Waals surface area (Å²) in [6.07, 6.45) is 0.699. The van der Waals surface area contributed by atoms with E-state index >= 15 is 0 Å². The molecule has 2 N–H and O–H groups in total. The summed E-state index contributed by atoms with van der Waals surface area (Å²) < 4.78 is 32.7. The maximum absolute atomic E-state index is 12.3. The molecule has 6 nitrogen and oxygen atoms in total. The zero-order chi connectivity index (χ0) is 20.9. The first kappa shape index (κ1) is 20.8. The molecule has 0 fully saturated rings. The predicted molar refractivity (Wildman–Crippen MR) is 115 cm³/mol. The number of nitrogens with one attached hydrogen (secondary N) is 2. The van der Waals surface area contributed by atoms with Crippen LogP contribution in [0.25, 0.3) is 10.8 Å². The summed E-state index contributed by atoms with van der Waals surface area (Å²) in [6.45, 7) is 3.57. The molecule has 0 aliphatic carbocycles. The summed E-state index contributed by atoms with van der Waals surface area (Å²) >= 11 is 0. The number of amides is 1. The van der Waals surface area contributed by atoms with Crippen molar-refractivity contribution in [2.45, 2.75) is 31.2 Å². The molecule has 3 aromatic carbocycles. The molecular weight excluding hydrogens is 388 g/mol. The molecular formula is C22H24N2O4S. The number of rotatable bonds is 8. The molecule has 7 heteroatoms. The van der Waals surface area contributed by atoms with Crippen LogP contribution in [-0.4, -0.2) is 27.0 Å². The standard InChI is InChI=1S/C22H24N2O4S/c1-3-16(2)24-29(26,27)21-12-9-19(10-13-21)23-22(25)15-28-20-11-8-17-6-4-5-7-18(17)14-20/h4-14,16,24H,3,15H2,1-2H3,(H,23,25)/t16-/m1/s1. The molecule has 0 unspecified atom stereocenters. The number of ether oxygens (including phenoxy) is 1. The summed E-state index contributed by atoms with van der Waals surface area (Å²) in [6, 6.07) is 19.4. The number of anilines is 1. The van der Waals surface area contributed by atoms with E-state index in [2.05, 4.69) is 10.0 Å². The summed E-state index contributed by atoms with van der Waals surface area (Å²) in [5.74, 6) is 0.280. The van der Waals surface area contributed by atoms with E-state index in [1.54, 1.807) is 12.1 Å². The van der Waals surface area contributed by atoms with Crippen molar-refractivity contribution in [3.8, 4) is 5.75 Å². The van der Waals surface area contributed by atoms with Crippen LogP contribution in [0, 0.1) is 0 Å². The lowest BCUT2D eigenvalue weighted by Crippen LogP contribution is -2.31. The van der Waals surface area contributed by atoms with E-state index in [9.17, 15) is 13.2 Å². The second-order valence-corrected chi connectivity index (χ2v) is 8.51. The number of fused-ring (bicyclic) bond motifs is 1. The van der Waals surface area contributed by atoms with Gasteiger partial charge in [0.2, 0.25) is 10.0 Å². The van der Waals surface area contributed by atoms with Crippen LogP contribution in [0.4, 0.5) is 5.69 Å². The van der Waals surface area contributed by atoms with Crippen molar-refractivity contribution < 1.29 is 17.9 Å². The first-order valence-electron chi connectivity index (χ1n) is 9.41. The smallest absolute Gasteiger partial charge is 0.262 e. The van der Waals surface area contributed by atoms with Crippen LogP contribution in [-0.2, 0) is 14.8 Å². The maximum atomic E-state index is 12.3. The Hall–Kier alpha value is -2.90. The third-order valence-corrected chi connectivity index (χ3v) is 6.11. The summed E-state index contributed by atoms with van der Waals surface area (Å²) in [7, 11) is -3.57. The van der Waals surface area contributed by atoms with Gasteiger partial charge in [0, 0.05) is 11.7 Å². The van der Waals surface area contributed by atoms with Crippen molar-refractivity contribution in [1.82, 2.24) is 4.72 Å². The monoisotopic (exact) mass is 412 g/mol. The largest absolute Gasteiger partial charge is 0.484 e. The minimum absolute atomic E-state index is 0.145. The molecule has 0 saturated heterocycles. The number of carbonyl (C=O) groups excluding carboxylic acids is 1. The highest BCUT2D eigenvalue weighted by Crippen LogP contribution is 2.20. The Balaban J connectivity index is 1.57. The zero-order valence-electron chi connectivity index (χ0n) is 16.4. The molecule has 0 saturated carbocycles. The molecule has 3 aromatic rings. The highest BCUT2D eigenvalue weighted by atomic mass is 32.2. The number of hydrogen-bond donors (Lipinski definition) is 2. The highest BCUT2D eigenvalue weighted by Gasteiger charge is 2.16. The zero-order valence-corrected chi connectivity index (χ0v) is 17.2. The minimum atomic E-state index is -3.57. The molecule has 3 rings (SSSR count). The average molecular weight is 413 g/mol. The van der Waals surface area contributed by atoms with Crippen molar-refractivity contribution in [1.29, 1.82) is 0 Å². The van der Waals surface area contributed by atoms with E-state index in [0.717, 1.165) is 10.8 Å². The van der Waals surface area contributed by atoms with Gasteiger partial charge in [-0.2, -0.15) is 0 Å². The lowest BCUT2D eigenvalue weighted by Gasteiger charge is -2.12. The van der Waals surface area contributed by atoms with Gasteiger partial charge >= 0.3 is 0 Å². The summed E-state index contributed by atoms with van der Waals surface area (Å²) in [5.41, 5.74) is 0.500. The molecule has 152 valence electrons. The fourth-order valence-corrected chi connectivity index (χ4v) is 4.06. The van der Waals surface area contributed by atoms with Crippen molar-refractivity contribution in [3.05, 3.63) is 66.7 Å². The van der Waals surface area contributed by atoms with Gasteiger partial charge in [0.15, 0.2) is 6.61 Å². The van der Waals surface area contributed by atoms with Crippen molar-refractivity contribution in [2.75, 3.05) is 11.9 Å². The Kier molecular flexibility index (Phi) is 6.51. The lowest BCUT2D eigenvalue weighted by molar-refractivity contribution is -0.118. The van der Waals surface area contributed by atoms with Crippen LogP contribution in [0.3, 0.4) is 0 Å². The van der Waals surface area contributed by atoms with Gasteiger partial charge < -0.3 is 10.1 Å². The van der Waals surface area contributed by atoms with E-state index < -0.39 is 10.0 Å². The topological polar surface area (TPSA) is 84.5 Å². The molecule has 0 aliphatic rings. The van der Waals surface area contributed by atoms with Gasteiger partial charge in [-0.3, -0.25) is 4.79 Å². The van der Waals surface area contributed by atoms with Crippen LogP contribution in [0.2, 0.25) is 0 Å². The molecule has 29 heavy (non-hydrogen) atoms. The summed E-state index contributed by atoms with van der Waals surface area (Å²) in [5, 5.41) is 4.84. The molecule has 1 atom stereocenters. The van der Waals surface area contributed by atoms with E-state index in [-0.39, 0.29) is 23.5 Å². The van der Waals surface area contributed by atoms with E-state index in [1.165, 1.54) is 12.1 Å². The molecule has 0 spiro atoms. The van der Waals surface area contributed by atoms with Crippen LogP contribution in [0.5, 0.6) is 5.75 Å². The lowest BCUT2D eigenvalue weighted by atomic mass is 10.1. The first-order valence-corrected chi connectivity index (χ1v) is 10.9. The Morgan fingerprint density at radius 2 is 1.69 bits per heavy atom. The number of benzene rings is 3. The maximum Gasteiger partial charge on any atom is 0.262 e. The van der Waals surface area contributed by atoms with Crippen LogP contribution < -0.4 is 14.8 Å². The number of carbonyl (C=O) groups is 1. The van der Waals surface area contributed by atoms with Gasteiger partial charge in [-0.1, -0.05) is 37.3 Å². The Morgan fingerprint density at radius 1 is 1.00 bits per heavy atom. The highest BCUT2D eigenvalue weighted by molar-refractivity contribution is 7.89. The van der Waals surface area contributed by atoms with E-state index in [1.807, 2.05) is 56.3 Å². The predicted octanol–water partition coefficient (Wildman–Crippen LogP) is 3.93. The SMILES string of the molecule is CC[C@@H](C)NS(=O)(=O)c1ccc(NC(=O)COc2ccc3ccccc3c2)cc1. The fraction of sp³-hybridized carbons (Fsp3) is 0.227. The van der Waals surface area contributed by atoms with Crippen molar-refractivity contribution >= 4 is 32.4 Å². The Morgan fingerprint density at radius 3 is 2.38 bits per heavy atom. The van der Waals surface area contributed by atoms with Crippen molar-refractivity contribution in [3.63, 3.8) is 0 Å². The molecule has 0 aromatic heterocycles. The third kappa shape index (κ3) is 5.56. The second-order valence-electron chi connectivity index (χ2n) is 6.80. The Bertz CT molecular complexity index is 1100. The van der Waals surface area contributed by atoms with Crippen LogP contribution >= 0.6 is 0 Å². The number of sulfonamides is 1. The van der Waals surface area contributed by atoms with Gasteiger partial charge in [0.1, 0.15) is 5.75 Å². The molecule has 0 aliphatic heterocycles. The van der Waals surface area contributed by atoms with Crippen LogP contribution in [0.15, 0.2) is 71.6 Å². The summed E-state index contributed by atoms with van der Waals surface area (Å²) in [4.78, 5) is 12.3. The minimum Gasteiger partial charge on any atom is -0.484 e. The fourth-order valence-electron chi connectivity index (χ4n) is 2.74. The normalized spacial score (nSPS) is 12.5. The first-order chi connectivity index (χ1) is 13.9. The quantitative estimate of drug-likeness (QED) is 0.587. The Labute approximate surface area is 170 Å². The third-order valence-electron chi connectivity index (χ3n) is 4.51. The number of hydrogen-bond acceptors (Lipinski definition) is 4. The second kappa shape index (κ2) is 9.07. The van der Waals surface area contributed by atoms with Gasteiger partial charge in [-0.25, -0.2) is 13.1 Å². The molecule has 0 heterocycles. The average Bonchev–Trinajstić information content (AvgIpc) is 2.72. The van der Waals surface area contributed by atoms with E-state index in [0.29, 0.717) is 17.9 Å². The van der Waals surface area contributed by atoms with Crippen molar-refractivity contribution in [2.24, 2.45) is 0 Å². The molecule has 0 bridgehead atoms. The van der Waals surface area contributed by atoms with Gasteiger partial charge in [-0.05, 0) is 60.5 Å². The van der Waals surface area contributed by atoms with E-state index in [4.69, 9.17) is 4.74 Å². The van der Waals surface area contributed by atoms with Gasteiger partial charge in [0.05, 0.1) is 4.90 Å². The van der Waals surface area contributed by atoms with Gasteiger partial charge in [0.25, 0.3) is 5.91 Å². The van der Waals surface area contributed by atoms with Crippen LogP contribution in [0.1, 0.15) is 20.3 Å². The molecule has 0 radical (unpaired) electrons. The van der Waals surface area contributed by atoms with Gasteiger partial charge in [-0.15, -0.1) is 0 Å². The molecule has 1 amide bonds.